The number of rotatable bonds is 6. The molecule has 5 heteroatoms. The first kappa shape index (κ1) is 12.6. The molecule has 1 atom stereocenters. The van der Waals surface area contributed by atoms with Crippen molar-refractivity contribution in [1.82, 2.24) is 4.33 Å². The Morgan fingerprint density at radius 3 is 2.67 bits per heavy atom. The van der Waals surface area contributed by atoms with Crippen LogP contribution in [0, 0.1) is 0 Å². The summed E-state index contributed by atoms with van der Waals surface area (Å²) in [5.74, 6) is -0.226. The van der Waals surface area contributed by atoms with Gasteiger partial charge in [-0.1, -0.05) is 0 Å². The van der Waals surface area contributed by atoms with Gasteiger partial charge in [0.15, 0.2) is 0 Å². The van der Waals surface area contributed by atoms with Crippen molar-refractivity contribution >= 4 is 38.2 Å². The van der Waals surface area contributed by atoms with Crippen LogP contribution in [0.5, 0.6) is 0 Å². The van der Waals surface area contributed by atoms with Crippen LogP contribution in [0.15, 0.2) is 30.3 Å². The number of hydrogen-bond donors (Lipinski definition) is 3. The molecule has 0 saturated carbocycles. The molecule has 0 fully saturated rings. The molecular weight excluding hydrogens is 277 g/mol. The van der Waals surface area contributed by atoms with Crippen molar-refractivity contribution < 1.29 is 9.90 Å². The molecule has 0 saturated heterocycles. The number of carboxylic acids is 1. The van der Waals surface area contributed by atoms with Crippen LogP contribution in [0.2, 0.25) is 0 Å². The Balaban J connectivity index is 2.43. The van der Waals surface area contributed by atoms with Gasteiger partial charge in [-0.2, -0.15) is 0 Å². The molecule has 0 spiro atoms. The molecular formula is C10H13NO2SSe. The van der Waals surface area contributed by atoms with Crippen LogP contribution >= 0.6 is 12.6 Å². The quantitative estimate of drug-likeness (QED) is 0.521. The molecule has 1 rings (SSSR count). The number of nitrogens with one attached hydrogen (secondary N) is 1. The van der Waals surface area contributed by atoms with Gasteiger partial charge in [0, 0.05) is 0 Å². The van der Waals surface area contributed by atoms with E-state index in [1.807, 2.05) is 30.3 Å². The summed E-state index contributed by atoms with van der Waals surface area (Å²) in [6, 6.07) is 9.35. The van der Waals surface area contributed by atoms with Crippen molar-refractivity contribution in [2.75, 3.05) is 5.75 Å². The molecule has 0 aromatic heterocycles. The summed E-state index contributed by atoms with van der Waals surface area (Å²) < 4.78 is 4.20. The van der Waals surface area contributed by atoms with E-state index in [1.54, 1.807) is 0 Å². The van der Waals surface area contributed by atoms with E-state index in [1.165, 1.54) is 0 Å². The molecule has 0 heterocycles. The van der Waals surface area contributed by atoms with Crippen molar-refractivity contribution in [1.29, 1.82) is 0 Å². The van der Waals surface area contributed by atoms with Crippen LogP contribution in [0.3, 0.4) is 0 Å². The van der Waals surface area contributed by atoms with E-state index in [-0.39, 0.29) is 15.2 Å². The van der Waals surface area contributed by atoms with E-state index in [4.69, 9.17) is 5.11 Å². The standard InChI is InChI=1S/C10H13NO2SSe/c12-10(13)9(6-7-14)11-15-8-4-2-1-3-5-8/h1-5,9,11,14H,6-7H2,(H,12,13). The molecule has 1 aromatic rings. The molecule has 0 radical (unpaired) electrons. The Kier molecular flexibility index (Phi) is 5.79. The monoisotopic (exact) mass is 291 g/mol. The number of aliphatic carboxylic acids is 1. The van der Waals surface area contributed by atoms with E-state index in [9.17, 15) is 4.79 Å². The molecule has 0 aliphatic carbocycles. The fraction of sp³-hybridized carbons (Fsp3) is 0.300. The van der Waals surface area contributed by atoms with Gasteiger partial charge < -0.3 is 0 Å². The fourth-order valence-corrected chi connectivity index (χ4v) is 2.91. The van der Waals surface area contributed by atoms with E-state index >= 15 is 0 Å². The van der Waals surface area contributed by atoms with Gasteiger partial charge in [0.25, 0.3) is 0 Å². The summed E-state index contributed by atoms with van der Waals surface area (Å²) in [5.41, 5.74) is 0. The van der Waals surface area contributed by atoms with Gasteiger partial charge in [-0.25, -0.2) is 0 Å². The fourth-order valence-electron chi connectivity index (χ4n) is 0.990. The number of carbonyl (C=O) groups is 1. The second-order valence-electron chi connectivity index (χ2n) is 2.94. The van der Waals surface area contributed by atoms with Crippen molar-refractivity contribution in [2.24, 2.45) is 0 Å². The van der Waals surface area contributed by atoms with Crippen LogP contribution in [-0.4, -0.2) is 38.0 Å². The van der Waals surface area contributed by atoms with E-state index in [2.05, 4.69) is 17.0 Å². The van der Waals surface area contributed by atoms with Crippen LogP contribution in [0.1, 0.15) is 6.42 Å². The minimum absolute atomic E-state index is 0.00721. The number of thiol groups is 1. The van der Waals surface area contributed by atoms with Crippen molar-refractivity contribution in [3.63, 3.8) is 0 Å². The van der Waals surface area contributed by atoms with E-state index in [0.29, 0.717) is 12.2 Å². The van der Waals surface area contributed by atoms with Crippen molar-refractivity contribution in [3.05, 3.63) is 30.3 Å². The van der Waals surface area contributed by atoms with Crippen LogP contribution in [0.4, 0.5) is 0 Å². The van der Waals surface area contributed by atoms with E-state index in [0.717, 1.165) is 4.46 Å². The van der Waals surface area contributed by atoms with Gasteiger partial charge in [0.05, 0.1) is 0 Å². The predicted octanol–water partition coefficient (Wildman–Crippen LogP) is 0.294. The number of hydrogen-bond acceptors (Lipinski definition) is 3. The normalized spacial score (nSPS) is 12.3. The number of carboxylic acid groups (broad SMARTS) is 1. The van der Waals surface area contributed by atoms with Gasteiger partial charge in [0.2, 0.25) is 0 Å². The summed E-state index contributed by atoms with van der Waals surface area (Å²) in [4.78, 5) is 10.8. The zero-order valence-corrected chi connectivity index (χ0v) is 10.7. The van der Waals surface area contributed by atoms with Crippen molar-refractivity contribution in [2.45, 2.75) is 12.5 Å². The predicted molar refractivity (Wildman–Crippen MR) is 64.9 cm³/mol. The molecule has 82 valence electrons. The third kappa shape index (κ3) is 4.71. The average Bonchev–Trinajstić information content (AvgIpc) is 2.25. The van der Waals surface area contributed by atoms with Gasteiger partial charge in [-0.3, -0.25) is 0 Å². The summed E-state index contributed by atoms with van der Waals surface area (Å²) in [6.45, 7) is 0. The molecule has 0 aliphatic rings. The second kappa shape index (κ2) is 6.90. The third-order valence-electron chi connectivity index (χ3n) is 1.78. The maximum atomic E-state index is 10.8. The average molecular weight is 290 g/mol. The molecule has 2 N–H and O–H groups in total. The second-order valence-corrected chi connectivity index (χ2v) is 5.30. The molecule has 0 aliphatic heterocycles. The van der Waals surface area contributed by atoms with Gasteiger partial charge in [0.1, 0.15) is 0 Å². The minimum atomic E-state index is -0.804. The molecule has 3 nitrogen and oxygen atoms in total. The Hall–Kier alpha value is -0.481. The molecule has 1 unspecified atom stereocenters. The summed E-state index contributed by atoms with van der Waals surface area (Å²) >= 11 is 4.05. The van der Waals surface area contributed by atoms with Crippen LogP contribution < -0.4 is 8.79 Å². The van der Waals surface area contributed by atoms with Crippen molar-refractivity contribution in [3.8, 4) is 0 Å². The first-order valence-corrected chi connectivity index (χ1v) is 6.89. The van der Waals surface area contributed by atoms with Gasteiger partial charge >= 0.3 is 101 Å². The maximum absolute atomic E-state index is 10.8. The Bertz CT molecular complexity index is 308. The first-order chi connectivity index (χ1) is 7.24. The summed E-state index contributed by atoms with van der Waals surface area (Å²) in [6.07, 6.45) is 0.549. The molecule has 0 bridgehead atoms. The first-order valence-electron chi connectivity index (χ1n) is 4.55. The molecule has 15 heavy (non-hydrogen) atoms. The van der Waals surface area contributed by atoms with Crippen LogP contribution in [0.25, 0.3) is 0 Å². The molecule has 0 amide bonds. The third-order valence-corrected chi connectivity index (χ3v) is 3.95. The SMILES string of the molecule is O=C(O)C(CCS)N[Se]c1ccccc1. The van der Waals surface area contributed by atoms with Gasteiger partial charge in [-0.15, -0.1) is 0 Å². The summed E-state index contributed by atoms with van der Waals surface area (Å²) in [5, 5.41) is 8.90. The van der Waals surface area contributed by atoms with Crippen LogP contribution in [-0.2, 0) is 4.79 Å². The van der Waals surface area contributed by atoms with Gasteiger partial charge in [-0.05, 0) is 0 Å². The summed E-state index contributed by atoms with van der Waals surface area (Å²) in [7, 11) is 0. The Morgan fingerprint density at radius 2 is 2.13 bits per heavy atom. The Morgan fingerprint density at radius 1 is 1.47 bits per heavy atom. The Labute approximate surface area is 101 Å². The topological polar surface area (TPSA) is 49.3 Å². The number of benzene rings is 1. The zero-order valence-electron chi connectivity index (χ0n) is 8.09. The molecule has 1 aromatic carbocycles. The van der Waals surface area contributed by atoms with E-state index < -0.39 is 12.0 Å². The zero-order chi connectivity index (χ0) is 11.1.